The fourth-order valence-corrected chi connectivity index (χ4v) is 1.14. The lowest BCUT2D eigenvalue weighted by Crippen LogP contribution is -2.15. The van der Waals surface area contributed by atoms with Gasteiger partial charge in [-0.2, -0.15) is 8.78 Å². The molecule has 0 aliphatic carbocycles. The molecule has 2 aromatic rings. The molecule has 0 aliphatic heterocycles. The fourth-order valence-electron chi connectivity index (χ4n) is 1.14. The smallest absolute Gasteiger partial charge is 0.364 e. The van der Waals surface area contributed by atoms with E-state index < -0.39 is 6.61 Å². The summed E-state index contributed by atoms with van der Waals surface area (Å²) in [7, 11) is 0. The Labute approximate surface area is 78.4 Å². The number of H-pyrrole nitrogens is 1. The van der Waals surface area contributed by atoms with Crippen molar-refractivity contribution < 1.29 is 18.5 Å². The van der Waals surface area contributed by atoms with E-state index in [9.17, 15) is 8.78 Å². The predicted octanol–water partition coefficient (Wildman–Crippen LogP) is 1.65. The van der Waals surface area contributed by atoms with Gasteiger partial charge in [-0.1, -0.05) is 12.1 Å². The van der Waals surface area contributed by atoms with Crippen LogP contribution in [0, 0.1) is 0 Å². The lowest BCUT2D eigenvalue weighted by atomic mass is 10.2. The zero-order chi connectivity index (χ0) is 9.97. The maximum atomic E-state index is 11.8. The van der Waals surface area contributed by atoms with Gasteiger partial charge in [0.05, 0.1) is 5.39 Å². The summed E-state index contributed by atoms with van der Waals surface area (Å²) >= 11 is 0. The summed E-state index contributed by atoms with van der Waals surface area (Å²) in [6, 6.07) is 6.98. The maximum absolute atomic E-state index is 11.8. The third kappa shape index (κ3) is 1.76. The van der Waals surface area contributed by atoms with Gasteiger partial charge in [0.1, 0.15) is 6.20 Å². The number of halogens is 2. The van der Waals surface area contributed by atoms with Gasteiger partial charge in [-0.25, -0.2) is 4.98 Å². The largest absolute Gasteiger partial charge is 0.501 e. The van der Waals surface area contributed by atoms with Gasteiger partial charge in [0.2, 0.25) is 0 Å². The number of aromatic nitrogens is 2. The third-order valence-corrected chi connectivity index (χ3v) is 1.71. The van der Waals surface area contributed by atoms with E-state index in [4.69, 9.17) is 0 Å². The number of para-hydroxylation sites is 1. The zero-order valence-electron chi connectivity index (χ0n) is 7.08. The summed E-state index contributed by atoms with van der Waals surface area (Å²) in [6.07, 6.45) is 1.57. The van der Waals surface area contributed by atoms with Crippen LogP contribution >= 0.6 is 0 Å². The topological polar surface area (TPSA) is 36.3 Å². The van der Waals surface area contributed by atoms with Crippen LogP contribution in [0.3, 0.4) is 0 Å². The van der Waals surface area contributed by atoms with Crippen molar-refractivity contribution >= 4 is 10.9 Å². The van der Waals surface area contributed by atoms with Gasteiger partial charge >= 0.3 is 12.6 Å². The Balaban J connectivity index is 2.41. The lowest BCUT2D eigenvalue weighted by molar-refractivity contribution is -0.406. The van der Waals surface area contributed by atoms with Crippen LogP contribution in [-0.2, 0) is 0 Å². The normalized spacial score (nSPS) is 10.8. The van der Waals surface area contributed by atoms with Gasteiger partial charge in [0.15, 0.2) is 5.52 Å². The molecule has 0 radical (unpaired) electrons. The average molecular weight is 197 g/mol. The number of rotatable bonds is 2. The van der Waals surface area contributed by atoms with Crippen molar-refractivity contribution in [1.82, 2.24) is 4.98 Å². The summed E-state index contributed by atoms with van der Waals surface area (Å²) in [4.78, 5) is 6.39. The molecule has 1 aromatic carbocycles. The number of ether oxygens (including phenoxy) is 1. The summed E-state index contributed by atoms with van der Waals surface area (Å²) in [5.74, 6) is 0. The maximum Gasteiger partial charge on any atom is 0.501 e. The fraction of sp³-hybridized carbons (Fsp3) is 0.111. The summed E-state index contributed by atoms with van der Waals surface area (Å²) in [6.45, 7) is -2.86. The van der Waals surface area contributed by atoms with Crippen LogP contribution in [0.25, 0.3) is 10.9 Å². The molecule has 0 saturated carbocycles. The van der Waals surface area contributed by atoms with Crippen LogP contribution in [0.4, 0.5) is 8.78 Å². The van der Waals surface area contributed by atoms with E-state index >= 15 is 0 Å². The number of hydrogen-bond acceptors (Lipinski definition) is 2. The standard InChI is InChI=1S/C9H6F2N2O/c10-8(11)14-9-12-5-6-3-1-2-4-7(6)13-9/h1-5,8H/p+1. The third-order valence-electron chi connectivity index (χ3n) is 1.71. The molecule has 0 bridgehead atoms. The molecule has 1 heterocycles. The molecule has 2 rings (SSSR count). The van der Waals surface area contributed by atoms with Crippen molar-refractivity contribution in [2.24, 2.45) is 0 Å². The highest BCUT2D eigenvalue weighted by Crippen LogP contribution is 2.11. The highest BCUT2D eigenvalue weighted by molar-refractivity contribution is 5.76. The first-order chi connectivity index (χ1) is 6.75. The van der Waals surface area contributed by atoms with E-state index in [1.54, 1.807) is 18.3 Å². The van der Waals surface area contributed by atoms with Crippen molar-refractivity contribution in [3.63, 3.8) is 0 Å². The second kappa shape index (κ2) is 3.53. The molecule has 0 unspecified atom stereocenters. The molecule has 0 fully saturated rings. The molecule has 5 heteroatoms. The number of fused-ring (bicyclic) bond motifs is 1. The van der Waals surface area contributed by atoms with E-state index in [0.29, 0.717) is 5.52 Å². The van der Waals surface area contributed by atoms with E-state index in [1.807, 2.05) is 12.1 Å². The molecule has 0 spiro atoms. The van der Waals surface area contributed by atoms with Gasteiger partial charge in [-0.15, -0.1) is 0 Å². The second-order valence-corrected chi connectivity index (χ2v) is 2.64. The zero-order valence-corrected chi connectivity index (χ0v) is 7.08. The van der Waals surface area contributed by atoms with Crippen LogP contribution in [0.5, 0.6) is 6.01 Å². The van der Waals surface area contributed by atoms with Crippen LogP contribution in [-0.4, -0.2) is 11.6 Å². The molecule has 1 aromatic heterocycles. The van der Waals surface area contributed by atoms with E-state index in [2.05, 4.69) is 14.7 Å². The number of nitrogens with one attached hydrogen (secondary N) is 1. The summed E-state index contributed by atoms with van der Waals surface area (Å²) < 4.78 is 27.8. The van der Waals surface area contributed by atoms with E-state index in [0.717, 1.165) is 5.39 Å². The average Bonchev–Trinajstić information content (AvgIpc) is 2.17. The second-order valence-electron chi connectivity index (χ2n) is 2.64. The molecule has 1 N–H and O–H groups in total. The molecule has 72 valence electrons. The Morgan fingerprint density at radius 2 is 2.07 bits per heavy atom. The van der Waals surface area contributed by atoms with Crippen LogP contribution in [0.1, 0.15) is 0 Å². The minimum atomic E-state index is -2.86. The first kappa shape index (κ1) is 8.80. The first-order valence-corrected chi connectivity index (χ1v) is 3.98. The van der Waals surface area contributed by atoms with Crippen LogP contribution < -0.4 is 9.72 Å². The molecule has 14 heavy (non-hydrogen) atoms. The van der Waals surface area contributed by atoms with Gasteiger partial charge in [-0.05, 0) is 17.1 Å². The van der Waals surface area contributed by atoms with Gasteiger partial charge in [0, 0.05) is 0 Å². The van der Waals surface area contributed by atoms with Gasteiger partial charge < -0.3 is 4.74 Å². The summed E-state index contributed by atoms with van der Waals surface area (Å²) in [5, 5.41) is 0.842. The Hall–Kier alpha value is -1.78. The number of benzene rings is 1. The van der Waals surface area contributed by atoms with Crippen molar-refractivity contribution in [2.45, 2.75) is 6.61 Å². The molecule has 0 aliphatic rings. The Kier molecular flexibility index (Phi) is 2.22. The Morgan fingerprint density at radius 3 is 2.86 bits per heavy atom. The first-order valence-electron chi connectivity index (χ1n) is 3.98. The van der Waals surface area contributed by atoms with E-state index in [-0.39, 0.29) is 6.01 Å². The van der Waals surface area contributed by atoms with Crippen molar-refractivity contribution in [3.05, 3.63) is 30.5 Å². The minimum Gasteiger partial charge on any atom is -0.364 e. The monoisotopic (exact) mass is 197 g/mol. The number of hydrogen-bond donors (Lipinski definition) is 0. The van der Waals surface area contributed by atoms with Crippen molar-refractivity contribution in [1.29, 1.82) is 0 Å². The highest BCUT2D eigenvalue weighted by Gasteiger charge is 2.14. The van der Waals surface area contributed by atoms with Gasteiger partial charge in [-0.3, -0.25) is 0 Å². The Morgan fingerprint density at radius 1 is 1.29 bits per heavy atom. The summed E-state index contributed by atoms with van der Waals surface area (Å²) in [5.41, 5.74) is 0.613. The quantitative estimate of drug-likeness (QED) is 0.733. The molecule has 0 saturated heterocycles. The molecule has 0 amide bonds. The molecular formula is C9H7F2N2O+. The number of alkyl halides is 2. The van der Waals surface area contributed by atoms with Crippen molar-refractivity contribution in [2.75, 3.05) is 0 Å². The number of nitrogens with zero attached hydrogens (tertiary/aromatic N) is 1. The molecular weight excluding hydrogens is 190 g/mol. The molecule has 3 nitrogen and oxygen atoms in total. The SMILES string of the molecule is FC(F)Oc1nc2ccccc2c[nH+]1. The van der Waals surface area contributed by atoms with E-state index in [1.165, 1.54) is 0 Å². The molecule has 0 atom stereocenters. The number of aromatic amines is 1. The van der Waals surface area contributed by atoms with Gasteiger partial charge in [0.25, 0.3) is 0 Å². The minimum absolute atomic E-state index is 0.182. The lowest BCUT2D eigenvalue weighted by Gasteiger charge is -1.95. The van der Waals surface area contributed by atoms with Crippen LogP contribution in [0.2, 0.25) is 0 Å². The highest BCUT2D eigenvalue weighted by atomic mass is 19.3. The van der Waals surface area contributed by atoms with Crippen LogP contribution in [0.15, 0.2) is 30.5 Å². The Bertz CT molecular complexity index is 448. The van der Waals surface area contributed by atoms with Crippen molar-refractivity contribution in [3.8, 4) is 6.01 Å². The predicted molar refractivity (Wildman–Crippen MR) is 44.9 cm³/mol.